The van der Waals surface area contributed by atoms with Gasteiger partial charge in [-0.25, -0.2) is 0 Å². The topological polar surface area (TPSA) is 66.8 Å². The van der Waals surface area contributed by atoms with Crippen LogP contribution in [0.25, 0.3) is 0 Å². The van der Waals surface area contributed by atoms with Crippen molar-refractivity contribution in [3.63, 3.8) is 0 Å². The number of rotatable bonds is 3. The van der Waals surface area contributed by atoms with Crippen molar-refractivity contribution in [1.82, 2.24) is 0 Å². The summed E-state index contributed by atoms with van der Waals surface area (Å²) in [6.45, 7) is 10.0. The Bertz CT molecular complexity index is 638. The summed E-state index contributed by atoms with van der Waals surface area (Å²) in [5, 5.41) is 21.7. The second-order valence-corrected chi connectivity index (χ2v) is 9.01. The summed E-state index contributed by atoms with van der Waals surface area (Å²) in [4.78, 5) is 12.1. The van der Waals surface area contributed by atoms with Crippen LogP contribution in [0, 0.1) is 16.2 Å². The van der Waals surface area contributed by atoms with Crippen LogP contribution in [0.5, 0.6) is 0 Å². The van der Waals surface area contributed by atoms with Gasteiger partial charge in [-0.3, -0.25) is 4.79 Å². The van der Waals surface area contributed by atoms with E-state index >= 15 is 0 Å². The van der Waals surface area contributed by atoms with Crippen molar-refractivity contribution in [3.8, 4) is 0 Å². The highest BCUT2D eigenvalue weighted by Gasteiger charge is 2.66. The molecule has 0 aromatic carbocycles. The predicted molar refractivity (Wildman–Crippen MR) is 97.2 cm³/mol. The van der Waals surface area contributed by atoms with Gasteiger partial charge in [0.05, 0.1) is 17.1 Å². The molecule has 0 radical (unpaired) electrons. The third-order valence-electron chi connectivity index (χ3n) is 7.99. The first-order chi connectivity index (χ1) is 11.6. The molecule has 3 rings (SSSR count). The fourth-order valence-corrected chi connectivity index (χ4v) is 6.14. The van der Waals surface area contributed by atoms with E-state index in [1.165, 1.54) is 11.1 Å². The minimum atomic E-state index is -1.21. The van der Waals surface area contributed by atoms with Crippen molar-refractivity contribution in [2.24, 2.45) is 16.2 Å². The zero-order chi connectivity index (χ0) is 18.7. The number of methoxy groups -OCH3 is 1. The van der Waals surface area contributed by atoms with E-state index < -0.39 is 22.4 Å². The van der Waals surface area contributed by atoms with E-state index in [1.807, 2.05) is 6.08 Å². The van der Waals surface area contributed by atoms with Crippen LogP contribution >= 0.6 is 0 Å². The Hall–Kier alpha value is -1.13. The second kappa shape index (κ2) is 5.68. The van der Waals surface area contributed by atoms with Gasteiger partial charge in [0.15, 0.2) is 0 Å². The number of fused-ring (bicyclic) bond motifs is 2. The minimum Gasteiger partial charge on any atom is -0.481 e. The molecule has 3 aliphatic rings. The van der Waals surface area contributed by atoms with Gasteiger partial charge in [0, 0.05) is 17.9 Å². The fraction of sp³-hybridized carbons (Fsp3) is 0.762. The molecular formula is C21H32O4. The molecule has 0 unspecified atom stereocenters. The fourth-order valence-electron chi connectivity index (χ4n) is 6.14. The number of aliphatic hydroxyl groups is 1. The van der Waals surface area contributed by atoms with Crippen LogP contribution in [-0.2, 0) is 9.53 Å². The molecule has 0 heterocycles. The molecule has 2 N–H and O–H groups in total. The molecule has 0 amide bonds. The molecule has 4 nitrogen and oxygen atoms in total. The first-order valence-electron chi connectivity index (χ1n) is 9.44. The van der Waals surface area contributed by atoms with E-state index in [0.29, 0.717) is 19.3 Å². The average Bonchev–Trinajstić information content (AvgIpc) is 2.57. The molecular weight excluding hydrogens is 316 g/mol. The highest BCUT2D eigenvalue weighted by atomic mass is 16.5. The van der Waals surface area contributed by atoms with E-state index in [2.05, 4.69) is 20.4 Å². The summed E-state index contributed by atoms with van der Waals surface area (Å²) in [6, 6.07) is 0. The zero-order valence-electron chi connectivity index (χ0n) is 16.0. The normalized spacial score (nSPS) is 47.0. The summed E-state index contributed by atoms with van der Waals surface area (Å²) < 4.78 is 5.90. The van der Waals surface area contributed by atoms with Crippen molar-refractivity contribution in [3.05, 3.63) is 23.8 Å². The number of carboxylic acids is 1. The molecule has 0 aliphatic heterocycles. The number of carboxylic acid groups (broad SMARTS) is 1. The molecule has 25 heavy (non-hydrogen) atoms. The maximum Gasteiger partial charge on any atom is 0.312 e. The molecule has 1 fully saturated rings. The Labute approximate surface area is 151 Å². The number of aliphatic carboxylic acids is 1. The lowest BCUT2D eigenvalue weighted by Gasteiger charge is -2.62. The number of carbonyl (C=O) groups is 1. The Balaban J connectivity index is 2.16. The maximum absolute atomic E-state index is 12.1. The van der Waals surface area contributed by atoms with Crippen LogP contribution < -0.4 is 0 Å². The first kappa shape index (κ1) is 18.7. The van der Waals surface area contributed by atoms with Crippen molar-refractivity contribution < 1.29 is 19.7 Å². The van der Waals surface area contributed by atoms with Crippen LogP contribution in [0.1, 0.15) is 65.7 Å². The van der Waals surface area contributed by atoms with Gasteiger partial charge in [0.1, 0.15) is 0 Å². The minimum absolute atomic E-state index is 0.0341. The van der Waals surface area contributed by atoms with Gasteiger partial charge in [0.2, 0.25) is 0 Å². The third kappa shape index (κ3) is 2.16. The molecule has 0 bridgehead atoms. The average molecular weight is 348 g/mol. The van der Waals surface area contributed by atoms with Gasteiger partial charge in [-0.2, -0.15) is 0 Å². The van der Waals surface area contributed by atoms with E-state index in [1.54, 1.807) is 14.0 Å². The maximum atomic E-state index is 12.1. The molecule has 5 atom stereocenters. The lowest BCUT2D eigenvalue weighted by Crippen LogP contribution is -2.66. The van der Waals surface area contributed by atoms with Gasteiger partial charge in [-0.05, 0) is 51.0 Å². The molecule has 0 aromatic rings. The number of hydrogen-bond acceptors (Lipinski definition) is 3. The summed E-state index contributed by atoms with van der Waals surface area (Å²) in [5.41, 5.74) is -0.378. The Morgan fingerprint density at radius 1 is 1.20 bits per heavy atom. The molecule has 4 heteroatoms. The van der Waals surface area contributed by atoms with E-state index in [4.69, 9.17) is 4.74 Å². The van der Waals surface area contributed by atoms with Gasteiger partial charge in [-0.1, -0.05) is 31.9 Å². The van der Waals surface area contributed by atoms with Crippen molar-refractivity contribution in [1.29, 1.82) is 0 Å². The largest absolute Gasteiger partial charge is 0.481 e. The van der Waals surface area contributed by atoms with Crippen LogP contribution in [0.3, 0.4) is 0 Å². The Morgan fingerprint density at radius 2 is 1.88 bits per heavy atom. The van der Waals surface area contributed by atoms with Crippen LogP contribution in [0.2, 0.25) is 0 Å². The molecule has 0 aromatic heterocycles. The van der Waals surface area contributed by atoms with Gasteiger partial charge < -0.3 is 14.9 Å². The van der Waals surface area contributed by atoms with Gasteiger partial charge in [-0.15, -0.1) is 6.58 Å². The summed E-state index contributed by atoms with van der Waals surface area (Å²) in [6.07, 6.45) is 7.15. The second-order valence-electron chi connectivity index (χ2n) is 9.01. The van der Waals surface area contributed by atoms with E-state index in [0.717, 1.165) is 25.7 Å². The molecule has 140 valence electrons. The summed E-state index contributed by atoms with van der Waals surface area (Å²) in [7, 11) is 1.74. The molecule has 0 spiro atoms. The van der Waals surface area contributed by atoms with Gasteiger partial charge in [0.25, 0.3) is 0 Å². The SMILES string of the molecule is C=C[C@]1(C)CCC2=C(CC[C@@]3(O)[C@@](C)(C(=O)O)CCC[C@]23C)[C@H]1OC. The first-order valence-corrected chi connectivity index (χ1v) is 9.44. The van der Waals surface area contributed by atoms with Gasteiger partial charge >= 0.3 is 5.97 Å². The quantitative estimate of drug-likeness (QED) is 0.754. The Morgan fingerprint density at radius 3 is 2.44 bits per heavy atom. The van der Waals surface area contributed by atoms with Crippen molar-refractivity contribution >= 4 is 5.97 Å². The number of ether oxygens (including phenoxy) is 1. The summed E-state index contributed by atoms with van der Waals surface area (Å²) >= 11 is 0. The standard InChI is InChI=1S/C21H32O4/c1-6-18(2)12-9-15-14(16(18)25-5)8-13-21(24)19(15,3)10-7-11-20(21,4)17(22)23/h6,16,24H,1,7-13H2,2-5H3,(H,22,23)/t16-,18-,19-,20-,21+/m1/s1. The van der Waals surface area contributed by atoms with Crippen LogP contribution in [0.4, 0.5) is 0 Å². The molecule has 1 saturated carbocycles. The third-order valence-corrected chi connectivity index (χ3v) is 7.99. The predicted octanol–water partition coefficient (Wildman–Crippen LogP) is 4.09. The van der Waals surface area contributed by atoms with Crippen molar-refractivity contribution in [2.75, 3.05) is 7.11 Å². The highest BCUT2D eigenvalue weighted by molar-refractivity contribution is 5.77. The van der Waals surface area contributed by atoms with E-state index in [-0.39, 0.29) is 11.5 Å². The molecule has 3 aliphatic carbocycles. The smallest absolute Gasteiger partial charge is 0.312 e. The molecule has 0 saturated heterocycles. The lowest BCUT2D eigenvalue weighted by molar-refractivity contribution is -0.207. The van der Waals surface area contributed by atoms with E-state index in [9.17, 15) is 15.0 Å². The van der Waals surface area contributed by atoms with Crippen molar-refractivity contribution in [2.45, 2.75) is 77.4 Å². The lowest BCUT2D eigenvalue weighted by atomic mass is 9.44. The zero-order valence-corrected chi connectivity index (χ0v) is 16.0. The van der Waals surface area contributed by atoms with Crippen LogP contribution in [-0.4, -0.2) is 35.0 Å². The van der Waals surface area contributed by atoms with Crippen LogP contribution in [0.15, 0.2) is 23.8 Å². The number of hydrogen-bond donors (Lipinski definition) is 2. The highest BCUT2D eigenvalue weighted by Crippen LogP contribution is 2.65. The monoisotopic (exact) mass is 348 g/mol. The Kier molecular flexibility index (Phi) is 4.24. The summed E-state index contributed by atoms with van der Waals surface area (Å²) in [5.74, 6) is -0.875.